The van der Waals surface area contributed by atoms with Gasteiger partial charge in [0.15, 0.2) is 0 Å². The summed E-state index contributed by atoms with van der Waals surface area (Å²) in [6.45, 7) is 1.85. The summed E-state index contributed by atoms with van der Waals surface area (Å²) >= 11 is 3.80. The summed E-state index contributed by atoms with van der Waals surface area (Å²) < 4.78 is 29.6. The second kappa shape index (κ2) is 6.53. The van der Waals surface area contributed by atoms with Crippen LogP contribution in [0.4, 0.5) is 14.6 Å². The zero-order valence-corrected chi connectivity index (χ0v) is 16.2. The molecule has 0 radical (unpaired) electrons. The second-order valence-corrected chi connectivity index (χ2v) is 8.73. The summed E-state index contributed by atoms with van der Waals surface area (Å²) in [4.78, 5) is 8.50. The van der Waals surface area contributed by atoms with Crippen LogP contribution in [0.15, 0.2) is 36.7 Å². The van der Waals surface area contributed by atoms with Crippen LogP contribution < -0.4 is 5.32 Å². The highest BCUT2D eigenvalue weighted by Crippen LogP contribution is 2.39. The van der Waals surface area contributed by atoms with E-state index in [0.717, 1.165) is 13.1 Å². The van der Waals surface area contributed by atoms with Crippen molar-refractivity contribution in [1.82, 2.24) is 9.97 Å². The molecule has 0 aliphatic heterocycles. The molecular formula is C15H13F2IN3PS. The lowest BCUT2D eigenvalue weighted by atomic mass is 10.0. The van der Waals surface area contributed by atoms with Gasteiger partial charge in [-0.3, -0.25) is 0 Å². The SMILES string of the molecule is CC(Nc1ncnc2cc(I)sc12)c1ccccc1C(F)(F)P. The number of hydrogen-bond donors (Lipinski definition) is 1. The molecule has 23 heavy (non-hydrogen) atoms. The van der Waals surface area contributed by atoms with E-state index in [4.69, 9.17) is 0 Å². The van der Waals surface area contributed by atoms with Gasteiger partial charge in [-0.25, -0.2) is 9.97 Å². The fraction of sp³-hybridized carbons (Fsp3) is 0.200. The number of alkyl halides is 2. The molecule has 0 fully saturated rings. The highest BCUT2D eigenvalue weighted by Gasteiger charge is 2.29. The van der Waals surface area contributed by atoms with Crippen molar-refractivity contribution in [3.05, 3.63) is 50.7 Å². The number of rotatable bonds is 4. The molecule has 1 aromatic carbocycles. The Kier molecular flexibility index (Phi) is 4.80. The van der Waals surface area contributed by atoms with Crippen LogP contribution in [0.5, 0.6) is 0 Å². The predicted molar refractivity (Wildman–Crippen MR) is 102 cm³/mol. The van der Waals surface area contributed by atoms with Gasteiger partial charge in [-0.05, 0) is 41.1 Å². The number of nitrogens with one attached hydrogen (secondary N) is 1. The summed E-state index contributed by atoms with van der Waals surface area (Å²) in [5.41, 5.74) is -1.57. The van der Waals surface area contributed by atoms with Crippen LogP contribution in [0, 0.1) is 2.88 Å². The molecule has 0 bridgehead atoms. The molecule has 120 valence electrons. The van der Waals surface area contributed by atoms with Gasteiger partial charge in [-0.2, -0.15) is 8.78 Å². The number of nitrogens with zero attached hydrogens (tertiary/aromatic N) is 2. The number of fused-ring (bicyclic) bond motifs is 1. The van der Waals surface area contributed by atoms with E-state index >= 15 is 0 Å². The van der Waals surface area contributed by atoms with Gasteiger partial charge < -0.3 is 5.32 Å². The quantitative estimate of drug-likeness (QED) is 0.417. The Hall–Kier alpha value is -0.920. The molecule has 2 unspecified atom stereocenters. The molecule has 0 aliphatic rings. The van der Waals surface area contributed by atoms with E-state index in [1.165, 1.54) is 12.4 Å². The highest BCUT2D eigenvalue weighted by atomic mass is 127. The lowest BCUT2D eigenvalue weighted by molar-refractivity contribution is 0.102. The monoisotopic (exact) mass is 463 g/mol. The maximum absolute atomic E-state index is 13.8. The minimum absolute atomic E-state index is 0.00365. The first-order chi connectivity index (χ1) is 10.9. The average molecular weight is 463 g/mol. The van der Waals surface area contributed by atoms with Crippen LogP contribution in [0.25, 0.3) is 10.2 Å². The number of halogens is 3. The summed E-state index contributed by atoms with van der Waals surface area (Å²) in [5.74, 6) is 0.664. The van der Waals surface area contributed by atoms with E-state index in [-0.39, 0.29) is 11.6 Å². The number of hydrogen-bond acceptors (Lipinski definition) is 4. The van der Waals surface area contributed by atoms with E-state index in [1.807, 2.05) is 13.0 Å². The topological polar surface area (TPSA) is 37.8 Å². The van der Waals surface area contributed by atoms with Crippen molar-refractivity contribution in [3.8, 4) is 0 Å². The Labute approximate surface area is 152 Å². The molecule has 2 aromatic heterocycles. The van der Waals surface area contributed by atoms with Crippen LogP contribution in [0.2, 0.25) is 0 Å². The van der Waals surface area contributed by atoms with Gasteiger partial charge in [-0.15, -0.1) is 11.3 Å². The standard InChI is InChI=1S/C15H13F2IN3PS/c1-8(9-4-2-3-5-10(9)15(16,17)22)21-14-13-11(19-7-20-14)6-12(18)23-13/h2-8H,22H2,1H3,(H,19,20,21). The van der Waals surface area contributed by atoms with E-state index in [1.54, 1.807) is 38.8 Å². The molecule has 0 saturated carbocycles. The molecule has 1 N–H and O–H groups in total. The fourth-order valence-electron chi connectivity index (χ4n) is 2.39. The van der Waals surface area contributed by atoms with Crippen molar-refractivity contribution < 1.29 is 8.78 Å². The van der Waals surface area contributed by atoms with E-state index in [9.17, 15) is 8.78 Å². The van der Waals surface area contributed by atoms with Crippen LogP contribution >= 0.6 is 43.2 Å². The third-order valence-electron chi connectivity index (χ3n) is 3.42. The van der Waals surface area contributed by atoms with Gasteiger partial charge >= 0.3 is 0 Å². The first-order valence-corrected chi connectivity index (χ1v) is 9.26. The average Bonchev–Trinajstić information content (AvgIpc) is 2.88. The Morgan fingerprint density at radius 3 is 2.78 bits per heavy atom. The van der Waals surface area contributed by atoms with Crippen molar-refractivity contribution in [3.63, 3.8) is 0 Å². The maximum atomic E-state index is 13.8. The lowest BCUT2D eigenvalue weighted by Gasteiger charge is -2.21. The van der Waals surface area contributed by atoms with Crippen LogP contribution in [0.1, 0.15) is 24.1 Å². The van der Waals surface area contributed by atoms with E-state index in [2.05, 4.69) is 37.9 Å². The van der Waals surface area contributed by atoms with Crippen molar-refractivity contribution in [1.29, 1.82) is 0 Å². The van der Waals surface area contributed by atoms with Crippen LogP contribution in [-0.4, -0.2) is 9.97 Å². The van der Waals surface area contributed by atoms with Crippen molar-refractivity contribution in [2.75, 3.05) is 5.32 Å². The first-order valence-electron chi connectivity index (χ1n) is 6.79. The molecule has 3 aromatic rings. The van der Waals surface area contributed by atoms with Crippen LogP contribution in [-0.2, 0) is 5.66 Å². The normalized spacial score (nSPS) is 13.3. The summed E-state index contributed by atoms with van der Waals surface area (Å²) in [5, 5.41) is 3.24. The first kappa shape index (κ1) is 16.9. The van der Waals surface area contributed by atoms with Gasteiger partial charge in [0, 0.05) is 5.56 Å². The molecule has 2 atom stereocenters. The molecule has 0 aliphatic carbocycles. The Morgan fingerprint density at radius 1 is 1.30 bits per heavy atom. The van der Waals surface area contributed by atoms with Gasteiger partial charge in [0.05, 0.1) is 19.1 Å². The largest absolute Gasteiger partial charge is 0.362 e. The molecular weight excluding hydrogens is 450 g/mol. The Bertz CT molecular complexity index is 850. The number of benzene rings is 1. The molecule has 0 saturated heterocycles. The molecule has 8 heteroatoms. The van der Waals surface area contributed by atoms with E-state index < -0.39 is 5.66 Å². The minimum atomic E-state index is -2.97. The Balaban J connectivity index is 1.97. The Morgan fingerprint density at radius 2 is 2.04 bits per heavy atom. The maximum Gasteiger partial charge on any atom is 0.284 e. The minimum Gasteiger partial charge on any atom is -0.362 e. The second-order valence-electron chi connectivity index (χ2n) is 5.06. The highest BCUT2D eigenvalue weighted by molar-refractivity contribution is 14.1. The van der Waals surface area contributed by atoms with E-state index in [0.29, 0.717) is 11.4 Å². The molecule has 3 rings (SSSR count). The zero-order chi connectivity index (χ0) is 16.6. The van der Waals surface area contributed by atoms with Gasteiger partial charge in [-0.1, -0.05) is 33.5 Å². The molecule has 2 heterocycles. The van der Waals surface area contributed by atoms with Crippen molar-refractivity contribution >= 4 is 59.2 Å². The lowest BCUT2D eigenvalue weighted by Crippen LogP contribution is -2.14. The summed E-state index contributed by atoms with van der Waals surface area (Å²) in [7, 11) is 1.60. The zero-order valence-electron chi connectivity index (χ0n) is 12.1. The number of anilines is 1. The summed E-state index contributed by atoms with van der Waals surface area (Å²) in [6, 6.07) is 8.20. The molecule has 3 nitrogen and oxygen atoms in total. The van der Waals surface area contributed by atoms with Crippen molar-refractivity contribution in [2.45, 2.75) is 18.6 Å². The van der Waals surface area contributed by atoms with Crippen LogP contribution in [0.3, 0.4) is 0 Å². The van der Waals surface area contributed by atoms with Gasteiger partial charge in [0.25, 0.3) is 5.66 Å². The third kappa shape index (κ3) is 3.61. The number of thiophene rings is 1. The molecule has 0 amide bonds. The van der Waals surface area contributed by atoms with Crippen molar-refractivity contribution in [2.24, 2.45) is 0 Å². The number of aromatic nitrogens is 2. The van der Waals surface area contributed by atoms with Gasteiger partial charge in [0.1, 0.15) is 12.1 Å². The fourth-order valence-corrected chi connectivity index (χ4v) is 4.40. The summed E-state index contributed by atoms with van der Waals surface area (Å²) in [6.07, 6.45) is 1.48. The molecule has 0 spiro atoms. The predicted octanol–water partition coefficient (Wildman–Crippen LogP) is 5.39. The third-order valence-corrected chi connectivity index (χ3v) is 5.62. The van der Waals surface area contributed by atoms with Gasteiger partial charge in [0.2, 0.25) is 0 Å². The smallest absolute Gasteiger partial charge is 0.284 e.